The largest absolute Gasteiger partial charge is 0.334 e. The van der Waals surface area contributed by atoms with Gasteiger partial charge in [0.1, 0.15) is 6.33 Å². The number of rotatable bonds is 3. The SMILES string of the molecule is CC(=O)N1CCCCCCCN(C(=O)c2cncnc2)Cc2ccc(Cn3cccn3)cc21. The summed E-state index contributed by atoms with van der Waals surface area (Å²) in [5.74, 6) is -0.0764. The van der Waals surface area contributed by atoms with Crippen LogP contribution in [0.1, 0.15) is 60.5 Å². The molecule has 0 aliphatic carbocycles. The monoisotopic (exact) mass is 446 g/mol. The minimum atomic E-state index is -0.0893. The van der Waals surface area contributed by atoms with Crippen LogP contribution in [0.15, 0.2) is 55.4 Å². The van der Waals surface area contributed by atoms with Crippen molar-refractivity contribution in [3.63, 3.8) is 0 Å². The van der Waals surface area contributed by atoms with Gasteiger partial charge in [0.25, 0.3) is 5.91 Å². The van der Waals surface area contributed by atoms with E-state index in [4.69, 9.17) is 0 Å². The van der Waals surface area contributed by atoms with Gasteiger partial charge in [0, 0.05) is 57.0 Å². The summed E-state index contributed by atoms with van der Waals surface area (Å²) in [6.07, 6.45) is 13.3. The minimum Gasteiger partial charge on any atom is -0.334 e. The second-order valence-electron chi connectivity index (χ2n) is 8.46. The third-order valence-electron chi connectivity index (χ3n) is 5.99. The molecule has 172 valence electrons. The summed E-state index contributed by atoms with van der Waals surface area (Å²) in [5, 5.41) is 4.30. The van der Waals surface area contributed by atoms with E-state index in [-0.39, 0.29) is 11.8 Å². The maximum atomic E-state index is 13.3. The molecule has 1 aromatic carbocycles. The highest BCUT2D eigenvalue weighted by Gasteiger charge is 2.22. The fourth-order valence-corrected chi connectivity index (χ4v) is 4.27. The summed E-state index contributed by atoms with van der Waals surface area (Å²) >= 11 is 0. The van der Waals surface area contributed by atoms with Crippen molar-refractivity contribution in [3.8, 4) is 0 Å². The van der Waals surface area contributed by atoms with Crippen molar-refractivity contribution in [2.75, 3.05) is 18.0 Å². The van der Waals surface area contributed by atoms with Crippen LogP contribution in [0.4, 0.5) is 5.69 Å². The lowest BCUT2D eigenvalue weighted by Crippen LogP contribution is -2.35. The standard InChI is InChI=1S/C25H30N6O2/c1-20(32)31-13-6-4-2-3-5-11-29(25(33)23-15-26-19-27-16-23)18-22-9-8-21(14-24(22)31)17-30-12-7-10-28-30/h7-10,12,14-16,19H,2-6,11,13,17-18H2,1H3. The molecule has 8 nitrogen and oxygen atoms in total. The summed E-state index contributed by atoms with van der Waals surface area (Å²) in [7, 11) is 0. The summed E-state index contributed by atoms with van der Waals surface area (Å²) in [4.78, 5) is 37.7. The summed E-state index contributed by atoms with van der Waals surface area (Å²) in [5.41, 5.74) is 3.37. The summed E-state index contributed by atoms with van der Waals surface area (Å²) in [6, 6.07) is 8.06. The van der Waals surface area contributed by atoms with E-state index in [1.165, 1.54) is 6.33 Å². The average molecular weight is 447 g/mol. The van der Waals surface area contributed by atoms with Crippen LogP contribution in [0.3, 0.4) is 0 Å². The highest BCUT2D eigenvalue weighted by Crippen LogP contribution is 2.27. The number of benzene rings is 1. The zero-order valence-electron chi connectivity index (χ0n) is 19.1. The second kappa shape index (κ2) is 10.8. The molecule has 33 heavy (non-hydrogen) atoms. The molecular weight excluding hydrogens is 416 g/mol. The number of nitrogens with zero attached hydrogens (tertiary/aromatic N) is 6. The Kier molecular flexibility index (Phi) is 7.44. The van der Waals surface area contributed by atoms with Crippen molar-refractivity contribution >= 4 is 17.5 Å². The highest BCUT2D eigenvalue weighted by atomic mass is 16.2. The zero-order chi connectivity index (χ0) is 23.0. The van der Waals surface area contributed by atoms with Crippen molar-refractivity contribution in [3.05, 3.63) is 72.1 Å². The Hall–Kier alpha value is -3.55. The van der Waals surface area contributed by atoms with Crippen LogP contribution in [0, 0.1) is 0 Å². The van der Waals surface area contributed by atoms with Crippen molar-refractivity contribution in [1.82, 2.24) is 24.6 Å². The van der Waals surface area contributed by atoms with E-state index >= 15 is 0 Å². The quantitative estimate of drug-likeness (QED) is 0.613. The summed E-state index contributed by atoms with van der Waals surface area (Å²) in [6.45, 7) is 3.99. The fraction of sp³-hybridized carbons (Fsp3) is 0.400. The average Bonchev–Trinajstić information content (AvgIpc) is 3.33. The van der Waals surface area contributed by atoms with Gasteiger partial charge in [-0.15, -0.1) is 0 Å². The van der Waals surface area contributed by atoms with E-state index < -0.39 is 0 Å². The van der Waals surface area contributed by atoms with E-state index in [0.29, 0.717) is 31.7 Å². The molecule has 0 atom stereocenters. The number of aromatic nitrogens is 4. The molecule has 0 saturated heterocycles. The Morgan fingerprint density at radius 1 is 1.00 bits per heavy atom. The first-order valence-electron chi connectivity index (χ1n) is 11.5. The molecule has 0 spiro atoms. The van der Waals surface area contributed by atoms with Gasteiger partial charge in [-0.05, 0) is 36.1 Å². The van der Waals surface area contributed by atoms with E-state index in [2.05, 4.69) is 27.2 Å². The van der Waals surface area contributed by atoms with Gasteiger partial charge < -0.3 is 9.80 Å². The molecule has 3 heterocycles. The van der Waals surface area contributed by atoms with Crippen molar-refractivity contribution in [2.45, 2.75) is 52.1 Å². The van der Waals surface area contributed by atoms with Gasteiger partial charge in [0.15, 0.2) is 0 Å². The number of anilines is 1. The lowest BCUT2D eigenvalue weighted by molar-refractivity contribution is -0.116. The Morgan fingerprint density at radius 2 is 1.76 bits per heavy atom. The number of fused-ring (bicyclic) bond motifs is 1. The van der Waals surface area contributed by atoms with E-state index in [1.807, 2.05) is 32.8 Å². The Morgan fingerprint density at radius 3 is 2.48 bits per heavy atom. The minimum absolute atomic E-state index is 0.0129. The van der Waals surface area contributed by atoms with Crippen LogP contribution >= 0.6 is 0 Å². The van der Waals surface area contributed by atoms with Gasteiger partial charge >= 0.3 is 0 Å². The molecule has 0 N–H and O–H groups in total. The highest BCUT2D eigenvalue weighted by molar-refractivity contribution is 5.94. The van der Waals surface area contributed by atoms with Crippen LogP contribution in [0.25, 0.3) is 0 Å². The Bertz CT molecular complexity index is 1070. The van der Waals surface area contributed by atoms with Crippen LogP contribution in [0.5, 0.6) is 0 Å². The smallest absolute Gasteiger partial charge is 0.257 e. The van der Waals surface area contributed by atoms with Crippen LogP contribution in [-0.4, -0.2) is 49.6 Å². The lowest BCUT2D eigenvalue weighted by atomic mass is 10.0. The van der Waals surface area contributed by atoms with Gasteiger partial charge in [-0.25, -0.2) is 9.97 Å². The fourth-order valence-electron chi connectivity index (χ4n) is 4.27. The molecule has 3 aromatic rings. The van der Waals surface area contributed by atoms with Gasteiger partial charge in [-0.3, -0.25) is 14.3 Å². The molecule has 2 amide bonds. The van der Waals surface area contributed by atoms with Crippen molar-refractivity contribution in [2.24, 2.45) is 0 Å². The molecule has 0 bridgehead atoms. The molecule has 1 aliphatic rings. The van der Waals surface area contributed by atoms with Crippen LogP contribution in [-0.2, 0) is 17.9 Å². The number of hydrogen-bond acceptors (Lipinski definition) is 5. The first-order chi connectivity index (χ1) is 16.1. The molecule has 0 radical (unpaired) electrons. The predicted octanol–water partition coefficient (Wildman–Crippen LogP) is 3.68. The molecule has 0 unspecified atom stereocenters. The molecule has 4 rings (SSSR count). The number of carbonyl (C=O) groups is 2. The van der Waals surface area contributed by atoms with E-state index in [9.17, 15) is 9.59 Å². The normalized spacial score (nSPS) is 15.3. The molecule has 0 fully saturated rings. The molecule has 2 aromatic heterocycles. The Balaban J connectivity index is 1.70. The van der Waals surface area contributed by atoms with E-state index in [0.717, 1.165) is 48.9 Å². The predicted molar refractivity (Wildman–Crippen MR) is 126 cm³/mol. The maximum absolute atomic E-state index is 13.3. The van der Waals surface area contributed by atoms with Gasteiger partial charge in [-0.1, -0.05) is 31.4 Å². The second-order valence-corrected chi connectivity index (χ2v) is 8.46. The zero-order valence-corrected chi connectivity index (χ0v) is 19.1. The number of carbonyl (C=O) groups excluding carboxylic acids is 2. The summed E-state index contributed by atoms with van der Waals surface area (Å²) < 4.78 is 1.86. The third kappa shape index (κ3) is 5.83. The third-order valence-corrected chi connectivity index (χ3v) is 5.99. The first-order valence-corrected chi connectivity index (χ1v) is 11.5. The van der Waals surface area contributed by atoms with Crippen LogP contribution in [0.2, 0.25) is 0 Å². The maximum Gasteiger partial charge on any atom is 0.257 e. The first kappa shape index (κ1) is 22.6. The Labute approximate surface area is 194 Å². The molecule has 1 aliphatic heterocycles. The van der Waals surface area contributed by atoms with Gasteiger partial charge in [0.2, 0.25) is 5.91 Å². The molecule has 0 saturated carbocycles. The molecule has 8 heteroatoms. The number of amides is 2. The van der Waals surface area contributed by atoms with Gasteiger partial charge in [-0.2, -0.15) is 5.10 Å². The van der Waals surface area contributed by atoms with Crippen molar-refractivity contribution < 1.29 is 9.59 Å². The van der Waals surface area contributed by atoms with Gasteiger partial charge in [0.05, 0.1) is 12.1 Å². The topological polar surface area (TPSA) is 84.2 Å². The molecular formula is C25H30N6O2. The van der Waals surface area contributed by atoms with E-state index in [1.54, 1.807) is 25.5 Å². The van der Waals surface area contributed by atoms with Crippen LogP contribution < -0.4 is 4.90 Å². The lowest BCUT2D eigenvalue weighted by Gasteiger charge is -2.29. The van der Waals surface area contributed by atoms with Crippen molar-refractivity contribution in [1.29, 1.82) is 0 Å². The number of hydrogen-bond donors (Lipinski definition) is 0.